The SMILES string of the molecule is O=C(c1cnn(-c2ccccc2)n1)N1CCN(S(=O)(=O)c2ccccc2F)CC1. The lowest BCUT2D eigenvalue weighted by Gasteiger charge is -2.33. The van der Waals surface area contributed by atoms with Crippen LogP contribution in [0.1, 0.15) is 10.5 Å². The van der Waals surface area contributed by atoms with E-state index in [2.05, 4.69) is 10.2 Å². The van der Waals surface area contributed by atoms with Gasteiger partial charge in [0, 0.05) is 26.2 Å². The predicted molar refractivity (Wildman–Crippen MR) is 102 cm³/mol. The van der Waals surface area contributed by atoms with Crippen LogP contribution in [0.25, 0.3) is 5.69 Å². The number of hydrogen-bond donors (Lipinski definition) is 0. The molecule has 0 bridgehead atoms. The number of hydrogen-bond acceptors (Lipinski definition) is 5. The molecule has 10 heteroatoms. The van der Waals surface area contributed by atoms with E-state index in [9.17, 15) is 17.6 Å². The van der Waals surface area contributed by atoms with Crippen molar-refractivity contribution in [2.45, 2.75) is 4.90 Å². The van der Waals surface area contributed by atoms with Crippen LogP contribution >= 0.6 is 0 Å². The van der Waals surface area contributed by atoms with Crippen molar-refractivity contribution in [2.24, 2.45) is 0 Å². The minimum absolute atomic E-state index is 0.0786. The van der Waals surface area contributed by atoms with Gasteiger partial charge in [0.1, 0.15) is 10.7 Å². The van der Waals surface area contributed by atoms with Crippen molar-refractivity contribution in [1.82, 2.24) is 24.2 Å². The van der Waals surface area contributed by atoms with Gasteiger partial charge in [-0.3, -0.25) is 4.79 Å². The fourth-order valence-corrected chi connectivity index (χ4v) is 4.62. The third kappa shape index (κ3) is 3.76. The highest BCUT2D eigenvalue weighted by Gasteiger charge is 2.32. The molecule has 4 rings (SSSR count). The quantitative estimate of drug-likeness (QED) is 0.645. The summed E-state index contributed by atoms with van der Waals surface area (Å²) in [6.07, 6.45) is 1.39. The van der Waals surface area contributed by atoms with Crippen molar-refractivity contribution in [3.63, 3.8) is 0 Å². The van der Waals surface area contributed by atoms with Crippen LogP contribution in [0.3, 0.4) is 0 Å². The molecule has 1 aliphatic heterocycles. The van der Waals surface area contributed by atoms with Gasteiger partial charge in [-0.25, -0.2) is 12.8 Å². The summed E-state index contributed by atoms with van der Waals surface area (Å²) in [6.45, 7) is 0.528. The number of aromatic nitrogens is 3. The zero-order valence-electron chi connectivity index (χ0n) is 15.3. The second-order valence-electron chi connectivity index (χ2n) is 6.48. The smallest absolute Gasteiger partial charge is 0.276 e. The average Bonchev–Trinajstić information content (AvgIpc) is 3.24. The van der Waals surface area contributed by atoms with E-state index in [-0.39, 0.29) is 42.7 Å². The molecule has 8 nitrogen and oxygen atoms in total. The highest BCUT2D eigenvalue weighted by atomic mass is 32.2. The number of halogens is 1. The summed E-state index contributed by atoms with van der Waals surface area (Å²) >= 11 is 0. The Morgan fingerprint density at radius 2 is 1.59 bits per heavy atom. The average molecular weight is 415 g/mol. The number of carbonyl (C=O) groups is 1. The first-order chi connectivity index (χ1) is 14.0. The Kier molecular flexibility index (Phi) is 5.12. The summed E-state index contributed by atoms with van der Waals surface area (Å²) in [7, 11) is -3.95. The lowest BCUT2D eigenvalue weighted by molar-refractivity contribution is 0.0691. The van der Waals surface area contributed by atoms with E-state index < -0.39 is 15.8 Å². The van der Waals surface area contributed by atoms with Crippen molar-refractivity contribution >= 4 is 15.9 Å². The third-order valence-electron chi connectivity index (χ3n) is 4.68. The van der Waals surface area contributed by atoms with Gasteiger partial charge >= 0.3 is 0 Å². The van der Waals surface area contributed by atoms with Gasteiger partial charge in [-0.15, -0.1) is 5.10 Å². The molecule has 0 unspecified atom stereocenters. The Hall–Kier alpha value is -3.11. The lowest BCUT2D eigenvalue weighted by atomic mass is 10.3. The van der Waals surface area contributed by atoms with Gasteiger partial charge in [0.15, 0.2) is 5.69 Å². The van der Waals surface area contributed by atoms with Crippen LogP contribution < -0.4 is 0 Å². The number of benzene rings is 2. The van der Waals surface area contributed by atoms with Crippen LogP contribution in [0, 0.1) is 5.82 Å². The minimum Gasteiger partial charge on any atom is -0.335 e. The van der Waals surface area contributed by atoms with Crippen LogP contribution in [-0.4, -0.2) is 64.7 Å². The Balaban J connectivity index is 1.44. The molecule has 0 saturated carbocycles. The van der Waals surface area contributed by atoms with Crippen molar-refractivity contribution in [1.29, 1.82) is 0 Å². The van der Waals surface area contributed by atoms with E-state index in [1.54, 1.807) is 0 Å². The number of sulfonamides is 1. The number of nitrogens with zero attached hydrogens (tertiary/aromatic N) is 5. The summed E-state index contributed by atoms with van der Waals surface area (Å²) in [6, 6.07) is 14.5. The maximum Gasteiger partial charge on any atom is 0.276 e. The molecule has 0 spiro atoms. The van der Waals surface area contributed by atoms with Gasteiger partial charge in [-0.05, 0) is 24.3 Å². The summed E-state index contributed by atoms with van der Waals surface area (Å²) in [4.78, 5) is 15.2. The molecule has 0 N–H and O–H groups in total. The molecule has 0 aliphatic carbocycles. The molecule has 150 valence electrons. The summed E-state index contributed by atoms with van der Waals surface area (Å²) in [5.74, 6) is -1.11. The predicted octanol–water partition coefficient (Wildman–Crippen LogP) is 1.55. The zero-order chi connectivity index (χ0) is 20.4. The lowest BCUT2D eigenvalue weighted by Crippen LogP contribution is -2.50. The topological polar surface area (TPSA) is 88.4 Å². The van der Waals surface area contributed by atoms with E-state index in [0.717, 1.165) is 11.8 Å². The van der Waals surface area contributed by atoms with Crippen molar-refractivity contribution in [3.05, 3.63) is 72.3 Å². The van der Waals surface area contributed by atoms with Gasteiger partial charge in [-0.1, -0.05) is 30.3 Å². The zero-order valence-corrected chi connectivity index (χ0v) is 16.2. The molecule has 0 atom stereocenters. The van der Waals surface area contributed by atoms with Crippen molar-refractivity contribution < 1.29 is 17.6 Å². The van der Waals surface area contributed by atoms with E-state index in [4.69, 9.17) is 0 Å². The van der Waals surface area contributed by atoms with Crippen molar-refractivity contribution in [3.8, 4) is 5.69 Å². The first kappa shape index (κ1) is 19.2. The first-order valence-corrected chi connectivity index (χ1v) is 10.4. The summed E-state index contributed by atoms with van der Waals surface area (Å²) in [5.41, 5.74) is 0.909. The van der Waals surface area contributed by atoms with E-state index >= 15 is 0 Å². The molecule has 1 saturated heterocycles. The van der Waals surface area contributed by atoms with Gasteiger partial charge in [0.05, 0.1) is 11.9 Å². The number of amides is 1. The molecule has 0 radical (unpaired) electrons. The minimum atomic E-state index is -3.95. The van der Waals surface area contributed by atoms with Gasteiger partial charge < -0.3 is 4.90 Å². The first-order valence-electron chi connectivity index (χ1n) is 8.98. The summed E-state index contributed by atoms with van der Waals surface area (Å²) in [5, 5.41) is 8.33. The molecule has 1 amide bonds. The normalized spacial score (nSPS) is 15.4. The maximum atomic E-state index is 13.9. The van der Waals surface area contributed by atoms with Crippen molar-refractivity contribution in [2.75, 3.05) is 26.2 Å². The van der Waals surface area contributed by atoms with E-state index in [0.29, 0.717) is 0 Å². The Morgan fingerprint density at radius 1 is 0.931 bits per heavy atom. The van der Waals surface area contributed by atoms with E-state index in [1.165, 1.54) is 38.4 Å². The molecule has 1 fully saturated rings. The molecule has 1 aromatic heterocycles. The van der Waals surface area contributed by atoms with Gasteiger partial charge in [-0.2, -0.15) is 14.2 Å². The fourth-order valence-electron chi connectivity index (χ4n) is 3.13. The standard InChI is InChI=1S/C19H18FN5O3S/c20-16-8-4-5-9-18(16)29(27,28)24-12-10-23(11-13-24)19(26)17-14-21-25(22-17)15-6-2-1-3-7-15/h1-9,14H,10-13H2. The highest BCUT2D eigenvalue weighted by molar-refractivity contribution is 7.89. The van der Waals surface area contributed by atoms with Gasteiger partial charge in [0.2, 0.25) is 10.0 Å². The fraction of sp³-hybridized carbons (Fsp3) is 0.211. The van der Waals surface area contributed by atoms with Crippen LogP contribution in [0.2, 0.25) is 0 Å². The number of rotatable bonds is 4. The number of piperazine rings is 1. The molecule has 29 heavy (non-hydrogen) atoms. The molecule has 1 aliphatic rings. The Morgan fingerprint density at radius 3 is 2.28 bits per heavy atom. The molecule has 2 aromatic carbocycles. The second kappa shape index (κ2) is 7.72. The van der Waals surface area contributed by atoms with Crippen LogP contribution in [0.4, 0.5) is 4.39 Å². The molecular formula is C19H18FN5O3S. The van der Waals surface area contributed by atoms with Gasteiger partial charge in [0.25, 0.3) is 5.91 Å². The highest BCUT2D eigenvalue weighted by Crippen LogP contribution is 2.20. The Bertz CT molecular complexity index is 1130. The maximum absolute atomic E-state index is 13.9. The molecule has 2 heterocycles. The second-order valence-corrected chi connectivity index (χ2v) is 8.39. The third-order valence-corrected chi connectivity index (χ3v) is 6.61. The van der Waals surface area contributed by atoms with E-state index in [1.807, 2.05) is 30.3 Å². The number of para-hydroxylation sites is 1. The Labute approximate surface area is 167 Å². The molecule has 3 aromatic rings. The van der Waals surface area contributed by atoms with Crippen LogP contribution in [0.5, 0.6) is 0 Å². The monoisotopic (exact) mass is 415 g/mol. The largest absolute Gasteiger partial charge is 0.335 e. The van der Waals surface area contributed by atoms with Crippen LogP contribution in [0.15, 0.2) is 65.7 Å². The molecular weight excluding hydrogens is 397 g/mol. The van der Waals surface area contributed by atoms with Crippen LogP contribution in [-0.2, 0) is 10.0 Å². The summed E-state index contributed by atoms with van der Waals surface area (Å²) < 4.78 is 40.5. The number of carbonyl (C=O) groups excluding carboxylic acids is 1.